The second-order valence-electron chi connectivity index (χ2n) is 4.88. The molecule has 0 amide bonds. The van der Waals surface area contributed by atoms with Crippen LogP contribution in [0.5, 0.6) is 0 Å². The molecule has 0 bridgehead atoms. The molecule has 0 spiro atoms. The molecule has 114 valence electrons. The van der Waals surface area contributed by atoms with Crippen molar-refractivity contribution in [3.63, 3.8) is 0 Å². The Labute approximate surface area is 120 Å². The van der Waals surface area contributed by atoms with Crippen molar-refractivity contribution in [2.45, 2.75) is 24.8 Å². The Bertz CT molecular complexity index is 528. The Morgan fingerprint density at radius 1 is 1.30 bits per heavy atom. The van der Waals surface area contributed by atoms with Gasteiger partial charge < -0.3 is 15.2 Å². The lowest BCUT2D eigenvalue weighted by Crippen LogP contribution is -2.34. The van der Waals surface area contributed by atoms with E-state index < -0.39 is 15.9 Å². The molecular formula is C14H23NO4S. The number of methoxy groups -OCH3 is 1. The van der Waals surface area contributed by atoms with Gasteiger partial charge in [-0.3, -0.25) is 0 Å². The highest BCUT2D eigenvalue weighted by molar-refractivity contribution is 7.91. The maximum Gasteiger partial charge on any atom is 0.180 e. The normalized spacial score (nSPS) is 13.4. The van der Waals surface area contributed by atoms with E-state index in [1.807, 2.05) is 13.8 Å². The number of aliphatic hydroxyl groups is 1. The molecule has 0 aliphatic heterocycles. The molecule has 5 nitrogen and oxygen atoms in total. The van der Waals surface area contributed by atoms with Crippen molar-refractivity contribution in [1.82, 2.24) is 5.32 Å². The molecule has 1 atom stereocenters. The van der Waals surface area contributed by atoms with E-state index in [0.717, 1.165) is 11.1 Å². The van der Waals surface area contributed by atoms with Crippen molar-refractivity contribution >= 4 is 9.84 Å². The van der Waals surface area contributed by atoms with Gasteiger partial charge in [0.25, 0.3) is 0 Å². The van der Waals surface area contributed by atoms with Crippen LogP contribution in [0, 0.1) is 13.8 Å². The van der Waals surface area contributed by atoms with E-state index in [0.29, 0.717) is 13.2 Å². The molecule has 0 heterocycles. The average molecular weight is 301 g/mol. The zero-order valence-electron chi connectivity index (χ0n) is 12.2. The van der Waals surface area contributed by atoms with Crippen LogP contribution in [0.1, 0.15) is 11.1 Å². The van der Waals surface area contributed by atoms with Crippen LogP contribution in [0.3, 0.4) is 0 Å². The standard InChI is InChI=1S/C14H23NO4S/c1-11-4-5-14(8-12(11)2)20(17,18)10-13(16)9-15-6-7-19-3/h4-5,8,13,15-16H,6-7,9-10H2,1-3H3. The van der Waals surface area contributed by atoms with Crippen LogP contribution < -0.4 is 5.32 Å². The molecule has 0 radical (unpaired) electrons. The molecule has 1 aromatic carbocycles. The summed E-state index contributed by atoms with van der Waals surface area (Å²) in [5.74, 6) is -0.282. The van der Waals surface area contributed by atoms with E-state index in [-0.39, 0.29) is 17.2 Å². The van der Waals surface area contributed by atoms with Gasteiger partial charge in [0.15, 0.2) is 9.84 Å². The molecule has 0 aliphatic rings. The zero-order valence-corrected chi connectivity index (χ0v) is 13.0. The van der Waals surface area contributed by atoms with Crippen LogP contribution in [0.2, 0.25) is 0 Å². The van der Waals surface area contributed by atoms with Gasteiger partial charge in [-0.25, -0.2) is 8.42 Å². The number of hydrogen-bond acceptors (Lipinski definition) is 5. The number of benzene rings is 1. The van der Waals surface area contributed by atoms with Gasteiger partial charge in [0.2, 0.25) is 0 Å². The van der Waals surface area contributed by atoms with E-state index in [9.17, 15) is 13.5 Å². The lowest BCUT2D eigenvalue weighted by Gasteiger charge is -2.13. The van der Waals surface area contributed by atoms with Gasteiger partial charge in [-0.2, -0.15) is 0 Å². The third kappa shape index (κ3) is 5.20. The fourth-order valence-corrected chi connectivity index (χ4v) is 3.21. The Morgan fingerprint density at radius 3 is 2.60 bits per heavy atom. The lowest BCUT2D eigenvalue weighted by atomic mass is 10.1. The highest BCUT2D eigenvalue weighted by Crippen LogP contribution is 2.16. The summed E-state index contributed by atoms with van der Waals surface area (Å²) >= 11 is 0. The largest absolute Gasteiger partial charge is 0.391 e. The predicted molar refractivity (Wildman–Crippen MR) is 78.7 cm³/mol. The Balaban J connectivity index is 2.62. The highest BCUT2D eigenvalue weighted by Gasteiger charge is 2.19. The lowest BCUT2D eigenvalue weighted by molar-refractivity contribution is 0.174. The summed E-state index contributed by atoms with van der Waals surface area (Å²) in [4.78, 5) is 0.261. The molecule has 0 fully saturated rings. The highest BCUT2D eigenvalue weighted by atomic mass is 32.2. The maximum absolute atomic E-state index is 12.2. The van der Waals surface area contributed by atoms with Crippen molar-refractivity contribution in [3.05, 3.63) is 29.3 Å². The molecule has 1 rings (SSSR count). The third-order valence-electron chi connectivity index (χ3n) is 3.11. The fourth-order valence-electron chi connectivity index (χ4n) is 1.76. The summed E-state index contributed by atoms with van der Waals surface area (Å²) in [6.07, 6.45) is -0.932. The van der Waals surface area contributed by atoms with Crippen LogP contribution >= 0.6 is 0 Å². The average Bonchev–Trinajstić information content (AvgIpc) is 2.37. The number of aryl methyl sites for hydroxylation is 2. The molecular weight excluding hydrogens is 278 g/mol. The zero-order chi connectivity index (χ0) is 15.2. The quantitative estimate of drug-likeness (QED) is 0.690. The van der Waals surface area contributed by atoms with Crippen molar-refractivity contribution in [2.24, 2.45) is 0 Å². The number of nitrogens with one attached hydrogen (secondary N) is 1. The van der Waals surface area contributed by atoms with Crippen LogP contribution in [-0.2, 0) is 14.6 Å². The Hall–Kier alpha value is -0.950. The molecule has 0 aromatic heterocycles. The van der Waals surface area contributed by atoms with Crippen LogP contribution in [-0.4, -0.2) is 52.2 Å². The first kappa shape index (κ1) is 17.1. The van der Waals surface area contributed by atoms with Crippen LogP contribution in [0.15, 0.2) is 23.1 Å². The van der Waals surface area contributed by atoms with E-state index >= 15 is 0 Å². The maximum atomic E-state index is 12.2. The molecule has 0 aliphatic carbocycles. The minimum atomic E-state index is -3.46. The van der Waals surface area contributed by atoms with Gasteiger partial charge in [0.1, 0.15) is 0 Å². The van der Waals surface area contributed by atoms with Crippen LogP contribution in [0.4, 0.5) is 0 Å². The van der Waals surface area contributed by atoms with Crippen LogP contribution in [0.25, 0.3) is 0 Å². The summed E-state index contributed by atoms with van der Waals surface area (Å²) in [7, 11) is -1.88. The minimum absolute atomic E-state index is 0.230. The van der Waals surface area contributed by atoms with Crippen molar-refractivity contribution < 1.29 is 18.3 Å². The third-order valence-corrected chi connectivity index (χ3v) is 4.91. The molecule has 1 unspecified atom stereocenters. The fraction of sp³-hybridized carbons (Fsp3) is 0.571. The van der Waals surface area contributed by atoms with Gasteiger partial charge >= 0.3 is 0 Å². The summed E-state index contributed by atoms with van der Waals surface area (Å²) in [5, 5.41) is 12.7. The summed E-state index contributed by atoms with van der Waals surface area (Å²) < 4.78 is 29.2. The first-order valence-electron chi connectivity index (χ1n) is 6.54. The molecule has 6 heteroatoms. The van der Waals surface area contributed by atoms with E-state index in [2.05, 4.69) is 5.32 Å². The van der Waals surface area contributed by atoms with E-state index in [1.54, 1.807) is 25.3 Å². The summed E-state index contributed by atoms with van der Waals surface area (Å²) in [6.45, 7) is 5.14. The monoisotopic (exact) mass is 301 g/mol. The Morgan fingerprint density at radius 2 is 2.00 bits per heavy atom. The molecule has 20 heavy (non-hydrogen) atoms. The smallest absolute Gasteiger partial charge is 0.180 e. The molecule has 2 N–H and O–H groups in total. The van der Waals surface area contributed by atoms with E-state index in [1.165, 1.54) is 0 Å². The van der Waals surface area contributed by atoms with Gasteiger partial charge in [0.05, 0.1) is 23.4 Å². The van der Waals surface area contributed by atoms with Gasteiger partial charge in [-0.05, 0) is 37.1 Å². The number of ether oxygens (including phenoxy) is 1. The number of rotatable bonds is 8. The molecule has 1 aromatic rings. The summed E-state index contributed by atoms with van der Waals surface area (Å²) in [5.41, 5.74) is 1.98. The van der Waals surface area contributed by atoms with Gasteiger partial charge in [0, 0.05) is 20.2 Å². The second-order valence-corrected chi connectivity index (χ2v) is 6.91. The predicted octanol–water partition coefficient (Wildman–Crippen LogP) is 0.674. The van der Waals surface area contributed by atoms with Crippen molar-refractivity contribution in [2.75, 3.05) is 32.6 Å². The van der Waals surface area contributed by atoms with Crippen molar-refractivity contribution in [3.8, 4) is 0 Å². The SMILES string of the molecule is COCCNCC(O)CS(=O)(=O)c1ccc(C)c(C)c1. The summed E-state index contributed by atoms with van der Waals surface area (Å²) in [6, 6.07) is 5.02. The first-order valence-corrected chi connectivity index (χ1v) is 8.20. The molecule has 0 saturated heterocycles. The minimum Gasteiger partial charge on any atom is -0.391 e. The number of aliphatic hydroxyl groups excluding tert-OH is 1. The Kier molecular flexibility index (Phi) is 6.61. The van der Waals surface area contributed by atoms with Gasteiger partial charge in [-0.1, -0.05) is 6.07 Å². The van der Waals surface area contributed by atoms with E-state index in [4.69, 9.17) is 4.74 Å². The van der Waals surface area contributed by atoms with Gasteiger partial charge in [-0.15, -0.1) is 0 Å². The van der Waals surface area contributed by atoms with Crippen molar-refractivity contribution in [1.29, 1.82) is 0 Å². The number of sulfone groups is 1. The number of hydrogen-bond donors (Lipinski definition) is 2. The molecule has 0 saturated carbocycles. The second kappa shape index (κ2) is 7.73. The topological polar surface area (TPSA) is 75.6 Å². The first-order chi connectivity index (χ1) is 9.36.